The SMILES string of the molecule is CC.Cc1cccc2cn[n-]c12.[Re]. The molecule has 1 aromatic heterocycles. The molecule has 71 valence electrons. The topological polar surface area (TPSA) is 27.0 Å². The molecule has 0 amide bonds. The molecule has 0 saturated carbocycles. The molecule has 2 nitrogen and oxygen atoms in total. The third kappa shape index (κ3) is 2.65. The van der Waals surface area contributed by atoms with E-state index >= 15 is 0 Å². The molecule has 3 heteroatoms. The molecule has 0 N–H and O–H groups in total. The van der Waals surface area contributed by atoms with Crippen LogP contribution >= 0.6 is 0 Å². The van der Waals surface area contributed by atoms with E-state index < -0.39 is 0 Å². The molecule has 13 heavy (non-hydrogen) atoms. The van der Waals surface area contributed by atoms with Crippen LogP contribution in [0.15, 0.2) is 24.4 Å². The van der Waals surface area contributed by atoms with Gasteiger partial charge in [0.25, 0.3) is 0 Å². The minimum absolute atomic E-state index is 0. The Balaban J connectivity index is 0.000000451. The average molecular weight is 347 g/mol. The standard InChI is InChI=1S/C8H7N2.C2H6.Re/c1-6-3-2-4-7-5-9-10-8(6)7;1-2;/h2-5H,1H3;1-2H3;/q-1;;. The van der Waals surface area contributed by atoms with E-state index in [-0.39, 0.29) is 20.4 Å². The second kappa shape index (κ2) is 5.91. The van der Waals surface area contributed by atoms with Gasteiger partial charge < -0.3 is 10.2 Å². The van der Waals surface area contributed by atoms with Gasteiger partial charge in [-0.05, 0) is 12.3 Å². The van der Waals surface area contributed by atoms with Crippen LogP contribution in [-0.2, 0) is 20.4 Å². The Hall–Kier alpha value is -0.648. The third-order valence-electron chi connectivity index (χ3n) is 1.62. The van der Waals surface area contributed by atoms with Crippen LogP contribution in [0.25, 0.3) is 10.9 Å². The van der Waals surface area contributed by atoms with Gasteiger partial charge in [0.15, 0.2) is 0 Å². The van der Waals surface area contributed by atoms with Crippen LogP contribution in [-0.4, -0.2) is 5.10 Å². The Morgan fingerprint density at radius 2 is 1.92 bits per heavy atom. The van der Waals surface area contributed by atoms with E-state index in [0.29, 0.717) is 0 Å². The van der Waals surface area contributed by atoms with Crippen molar-refractivity contribution < 1.29 is 20.4 Å². The number of rotatable bonds is 0. The van der Waals surface area contributed by atoms with Gasteiger partial charge >= 0.3 is 0 Å². The molecule has 0 atom stereocenters. The molecule has 1 heterocycles. The first kappa shape index (κ1) is 12.4. The second-order valence-corrected chi connectivity index (χ2v) is 2.36. The van der Waals surface area contributed by atoms with E-state index in [2.05, 4.69) is 10.2 Å². The molecular formula is C10H13N2Re-. The first-order chi connectivity index (χ1) is 5.88. The summed E-state index contributed by atoms with van der Waals surface area (Å²) >= 11 is 0. The Kier molecular flexibility index (Phi) is 5.61. The summed E-state index contributed by atoms with van der Waals surface area (Å²) in [5, 5.41) is 8.91. The maximum Gasteiger partial charge on any atom is 0.00987 e. The van der Waals surface area contributed by atoms with Crippen molar-refractivity contribution in [3.05, 3.63) is 30.0 Å². The second-order valence-electron chi connectivity index (χ2n) is 2.36. The van der Waals surface area contributed by atoms with Crippen molar-refractivity contribution in [1.82, 2.24) is 10.2 Å². The normalized spacial score (nSPS) is 8.54. The van der Waals surface area contributed by atoms with Crippen molar-refractivity contribution in [2.75, 3.05) is 0 Å². The summed E-state index contributed by atoms with van der Waals surface area (Å²) in [7, 11) is 0. The summed E-state index contributed by atoms with van der Waals surface area (Å²) in [5.74, 6) is 0. The molecule has 1 radical (unpaired) electrons. The Morgan fingerprint density at radius 1 is 1.23 bits per heavy atom. The Bertz CT molecular complexity index is 354. The first-order valence-corrected chi connectivity index (χ1v) is 4.21. The Labute approximate surface area is 92.4 Å². The van der Waals surface area contributed by atoms with Crippen LogP contribution in [0.3, 0.4) is 0 Å². The molecule has 0 aliphatic heterocycles. The number of benzene rings is 1. The minimum Gasteiger partial charge on any atom is -0.575 e. The van der Waals surface area contributed by atoms with Crippen molar-refractivity contribution in [3.63, 3.8) is 0 Å². The molecule has 0 saturated heterocycles. The van der Waals surface area contributed by atoms with Gasteiger partial charge in [-0.25, -0.2) is 0 Å². The minimum atomic E-state index is 0. The van der Waals surface area contributed by atoms with Gasteiger partial charge in [-0.2, -0.15) is 0 Å². The molecule has 0 spiro atoms. The summed E-state index contributed by atoms with van der Waals surface area (Å²) in [5.41, 5.74) is 2.21. The first-order valence-electron chi connectivity index (χ1n) is 4.21. The van der Waals surface area contributed by atoms with Crippen molar-refractivity contribution in [1.29, 1.82) is 0 Å². The maximum absolute atomic E-state index is 3.97. The number of nitrogens with zero attached hydrogens (tertiary/aromatic N) is 2. The summed E-state index contributed by atoms with van der Waals surface area (Å²) in [4.78, 5) is 0. The molecule has 0 unspecified atom stereocenters. The van der Waals surface area contributed by atoms with Crippen molar-refractivity contribution in [2.24, 2.45) is 0 Å². The summed E-state index contributed by atoms with van der Waals surface area (Å²) in [6.07, 6.45) is 1.78. The number of aromatic nitrogens is 2. The van der Waals surface area contributed by atoms with Gasteiger partial charge in [-0.15, -0.1) is 5.52 Å². The molecule has 0 fully saturated rings. The smallest absolute Gasteiger partial charge is 0.00987 e. The van der Waals surface area contributed by atoms with Crippen molar-refractivity contribution >= 4 is 10.9 Å². The summed E-state index contributed by atoms with van der Waals surface area (Å²) < 4.78 is 0. The number of aryl methyl sites for hydroxylation is 1. The summed E-state index contributed by atoms with van der Waals surface area (Å²) in [6, 6.07) is 6.07. The van der Waals surface area contributed by atoms with Crippen molar-refractivity contribution in [2.45, 2.75) is 20.8 Å². The fourth-order valence-electron chi connectivity index (χ4n) is 1.07. The molecule has 1 aromatic carbocycles. The van der Waals surface area contributed by atoms with Crippen LogP contribution < -0.4 is 5.10 Å². The van der Waals surface area contributed by atoms with E-state index in [1.807, 2.05) is 39.0 Å². The van der Waals surface area contributed by atoms with Crippen LogP contribution in [0.1, 0.15) is 19.4 Å². The van der Waals surface area contributed by atoms with E-state index in [0.717, 1.165) is 10.9 Å². The van der Waals surface area contributed by atoms with Crippen molar-refractivity contribution in [3.8, 4) is 0 Å². The molecule has 2 rings (SSSR count). The monoisotopic (exact) mass is 348 g/mol. The average Bonchev–Trinajstić information content (AvgIpc) is 2.57. The molecule has 0 bridgehead atoms. The fraction of sp³-hybridized carbons (Fsp3) is 0.300. The van der Waals surface area contributed by atoms with E-state index in [4.69, 9.17) is 0 Å². The fourth-order valence-corrected chi connectivity index (χ4v) is 1.07. The zero-order valence-corrected chi connectivity index (χ0v) is 10.8. The summed E-state index contributed by atoms with van der Waals surface area (Å²) in [6.45, 7) is 6.04. The van der Waals surface area contributed by atoms with Gasteiger partial charge in [-0.1, -0.05) is 37.6 Å². The zero-order chi connectivity index (χ0) is 8.97. The third-order valence-corrected chi connectivity index (χ3v) is 1.62. The predicted octanol–water partition coefficient (Wildman–Crippen LogP) is 2.52. The molecule has 2 aromatic rings. The van der Waals surface area contributed by atoms with Crippen LogP contribution in [0.2, 0.25) is 0 Å². The Morgan fingerprint density at radius 3 is 2.54 bits per heavy atom. The molecule has 0 aliphatic rings. The van der Waals surface area contributed by atoms with E-state index in [9.17, 15) is 0 Å². The molecular weight excluding hydrogens is 334 g/mol. The van der Waals surface area contributed by atoms with Crippen LogP contribution in [0, 0.1) is 6.92 Å². The zero-order valence-electron chi connectivity index (χ0n) is 8.08. The maximum atomic E-state index is 3.97. The quantitative estimate of drug-likeness (QED) is 0.732. The van der Waals surface area contributed by atoms with E-state index in [1.54, 1.807) is 6.20 Å². The van der Waals surface area contributed by atoms with Gasteiger partial charge in [0.2, 0.25) is 0 Å². The van der Waals surface area contributed by atoms with Crippen LogP contribution in [0.5, 0.6) is 0 Å². The number of hydrogen-bond donors (Lipinski definition) is 0. The van der Waals surface area contributed by atoms with Gasteiger partial charge in [-0.3, -0.25) is 0 Å². The van der Waals surface area contributed by atoms with Crippen LogP contribution in [0.4, 0.5) is 0 Å². The van der Waals surface area contributed by atoms with Gasteiger partial charge in [0.1, 0.15) is 0 Å². The predicted molar refractivity (Wildman–Crippen MR) is 51.1 cm³/mol. The van der Waals surface area contributed by atoms with E-state index in [1.165, 1.54) is 5.56 Å². The number of fused-ring (bicyclic) bond motifs is 1. The largest absolute Gasteiger partial charge is 0.575 e. The number of hydrogen-bond acceptors (Lipinski definition) is 1. The van der Waals surface area contributed by atoms with Gasteiger partial charge in [0, 0.05) is 26.6 Å². The van der Waals surface area contributed by atoms with Gasteiger partial charge in [0.05, 0.1) is 0 Å². The molecule has 0 aliphatic carbocycles.